The van der Waals surface area contributed by atoms with Crippen molar-refractivity contribution in [1.82, 2.24) is 15.2 Å². The minimum Gasteiger partial charge on any atom is -0.381 e. The van der Waals surface area contributed by atoms with Crippen LogP contribution in [0.2, 0.25) is 0 Å². The zero-order chi connectivity index (χ0) is 29.2. The number of imide groups is 1. The Hall–Kier alpha value is -4.43. The topological polar surface area (TPSA) is 94.7 Å². The molecule has 2 aliphatic heterocycles. The molecule has 0 spiro atoms. The molecule has 216 valence electrons. The molecular formula is C34H36N4O4. The van der Waals surface area contributed by atoms with Crippen LogP contribution in [0.3, 0.4) is 0 Å². The first-order chi connectivity index (χ1) is 20.5. The molecule has 8 nitrogen and oxygen atoms in total. The number of hydrogen-bond donors (Lipinski definition) is 2. The molecule has 2 atom stereocenters. The van der Waals surface area contributed by atoms with Crippen molar-refractivity contribution in [2.75, 3.05) is 24.7 Å². The van der Waals surface area contributed by atoms with E-state index in [1.807, 2.05) is 49.4 Å². The van der Waals surface area contributed by atoms with Crippen molar-refractivity contribution in [3.8, 4) is 0 Å². The monoisotopic (exact) mass is 564 g/mol. The molecule has 1 aromatic heterocycles. The maximum absolute atomic E-state index is 14.3. The van der Waals surface area contributed by atoms with Crippen molar-refractivity contribution in [2.45, 2.75) is 51.6 Å². The summed E-state index contributed by atoms with van der Waals surface area (Å²) in [5.41, 5.74) is 5.55. The summed E-state index contributed by atoms with van der Waals surface area (Å²) in [6.07, 6.45) is 3.17. The van der Waals surface area contributed by atoms with Gasteiger partial charge < -0.3 is 15.0 Å². The van der Waals surface area contributed by atoms with Crippen LogP contribution in [-0.4, -0.2) is 53.5 Å². The van der Waals surface area contributed by atoms with Crippen LogP contribution in [0.1, 0.15) is 65.0 Å². The standard InChI is InChI=1S/C34H36N4O4/c1-3-4-19-42-20-11-18-35-32(39)25-15-8-10-17-28(25)38-33(40)29-21-26-24-14-7-9-16-27(24)36-30(26)31(37(29)34(38)41)23-13-6-5-12-22(23)2/h5-10,12-17,29,31,36H,3-4,11,18-21H2,1-2H3,(H,35,39). The molecule has 0 aliphatic carbocycles. The van der Waals surface area contributed by atoms with E-state index >= 15 is 0 Å². The number of aromatic nitrogens is 1. The number of nitrogens with zero attached hydrogens (tertiary/aromatic N) is 2. The van der Waals surface area contributed by atoms with Gasteiger partial charge in [-0.25, -0.2) is 9.69 Å². The van der Waals surface area contributed by atoms with Gasteiger partial charge >= 0.3 is 6.03 Å². The van der Waals surface area contributed by atoms with E-state index in [-0.39, 0.29) is 11.8 Å². The lowest BCUT2D eigenvalue weighted by Gasteiger charge is -2.36. The van der Waals surface area contributed by atoms with Crippen molar-refractivity contribution in [3.05, 3.63) is 101 Å². The Balaban J connectivity index is 1.32. The van der Waals surface area contributed by atoms with Crippen LogP contribution in [0.25, 0.3) is 10.9 Å². The third kappa shape index (κ3) is 4.86. The fourth-order valence-electron chi connectivity index (χ4n) is 6.19. The van der Waals surface area contributed by atoms with Crippen LogP contribution in [-0.2, 0) is 16.0 Å². The third-order valence-corrected chi connectivity index (χ3v) is 8.31. The Morgan fingerprint density at radius 2 is 1.71 bits per heavy atom. The van der Waals surface area contributed by atoms with Crippen LogP contribution in [0.4, 0.5) is 10.5 Å². The number of amides is 4. The molecule has 0 saturated carbocycles. The summed E-state index contributed by atoms with van der Waals surface area (Å²) in [5, 5.41) is 3.99. The van der Waals surface area contributed by atoms with Crippen LogP contribution in [0, 0.1) is 6.92 Å². The number of aryl methyl sites for hydroxylation is 1. The normalized spacial score (nSPS) is 18.0. The molecule has 1 saturated heterocycles. The number of carbonyl (C=O) groups excluding carboxylic acids is 3. The van der Waals surface area contributed by atoms with Crippen molar-refractivity contribution >= 4 is 34.4 Å². The lowest BCUT2D eigenvalue weighted by Crippen LogP contribution is -2.44. The van der Waals surface area contributed by atoms with Gasteiger partial charge in [0.25, 0.3) is 11.8 Å². The van der Waals surface area contributed by atoms with E-state index in [1.165, 1.54) is 4.90 Å². The van der Waals surface area contributed by atoms with E-state index in [1.54, 1.807) is 29.2 Å². The summed E-state index contributed by atoms with van der Waals surface area (Å²) in [6, 6.07) is 21.3. The predicted molar refractivity (Wildman–Crippen MR) is 163 cm³/mol. The second-order valence-corrected chi connectivity index (χ2v) is 11.0. The molecular weight excluding hydrogens is 528 g/mol. The van der Waals surface area contributed by atoms with Gasteiger partial charge in [0.05, 0.1) is 11.3 Å². The molecule has 0 radical (unpaired) electrons. The molecule has 6 rings (SSSR count). The minimum absolute atomic E-state index is 0.294. The fraction of sp³-hybridized carbons (Fsp3) is 0.324. The molecule has 2 aliphatic rings. The van der Waals surface area contributed by atoms with Crippen molar-refractivity contribution in [3.63, 3.8) is 0 Å². The first-order valence-corrected chi connectivity index (χ1v) is 14.8. The average molecular weight is 565 g/mol. The molecule has 4 aromatic rings. The van der Waals surface area contributed by atoms with Crippen molar-refractivity contribution in [2.24, 2.45) is 0 Å². The molecule has 8 heteroatoms. The number of ether oxygens (including phenoxy) is 1. The highest BCUT2D eigenvalue weighted by atomic mass is 16.5. The number of anilines is 1. The quantitative estimate of drug-likeness (QED) is 0.185. The van der Waals surface area contributed by atoms with E-state index in [0.717, 1.165) is 46.1 Å². The number of nitrogens with one attached hydrogen (secondary N) is 2. The first kappa shape index (κ1) is 27.7. The molecule has 4 amide bonds. The number of aromatic amines is 1. The van der Waals surface area contributed by atoms with Crippen LogP contribution in [0.15, 0.2) is 72.8 Å². The largest absolute Gasteiger partial charge is 0.381 e. The Bertz CT molecular complexity index is 1640. The Labute approximate surface area is 245 Å². The molecule has 2 N–H and O–H groups in total. The number of H-pyrrole nitrogens is 1. The summed E-state index contributed by atoms with van der Waals surface area (Å²) in [7, 11) is 0. The smallest absolute Gasteiger partial charge is 0.332 e. The molecule has 42 heavy (non-hydrogen) atoms. The summed E-state index contributed by atoms with van der Waals surface area (Å²) < 4.78 is 5.59. The number of benzene rings is 3. The van der Waals surface area contributed by atoms with E-state index < -0.39 is 18.1 Å². The minimum atomic E-state index is -0.690. The number of urea groups is 1. The summed E-state index contributed by atoms with van der Waals surface area (Å²) in [5.74, 6) is -0.643. The van der Waals surface area contributed by atoms with Crippen molar-refractivity contribution in [1.29, 1.82) is 0 Å². The van der Waals surface area contributed by atoms with Crippen LogP contribution < -0.4 is 10.2 Å². The number of hydrogen-bond acceptors (Lipinski definition) is 4. The zero-order valence-electron chi connectivity index (χ0n) is 24.1. The number of rotatable bonds is 10. The van der Waals surface area contributed by atoms with Gasteiger partial charge in [-0.05, 0) is 54.7 Å². The average Bonchev–Trinajstić information content (AvgIpc) is 3.50. The molecule has 3 aromatic carbocycles. The number of carbonyl (C=O) groups is 3. The second kappa shape index (κ2) is 11.8. The number of fused-ring (bicyclic) bond motifs is 4. The van der Waals surface area contributed by atoms with Gasteiger partial charge in [0.15, 0.2) is 0 Å². The second-order valence-electron chi connectivity index (χ2n) is 11.0. The first-order valence-electron chi connectivity index (χ1n) is 14.8. The summed E-state index contributed by atoms with van der Waals surface area (Å²) >= 11 is 0. The van der Waals surface area contributed by atoms with Gasteiger partial charge in [0.1, 0.15) is 12.1 Å². The van der Waals surface area contributed by atoms with Crippen molar-refractivity contribution < 1.29 is 19.1 Å². The summed E-state index contributed by atoms with van der Waals surface area (Å²) in [6.45, 7) is 5.86. The lowest BCUT2D eigenvalue weighted by molar-refractivity contribution is -0.120. The Morgan fingerprint density at radius 1 is 0.976 bits per heavy atom. The van der Waals surface area contributed by atoms with Gasteiger partial charge in [-0.2, -0.15) is 0 Å². The van der Waals surface area contributed by atoms with Gasteiger partial charge in [-0.15, -0.1) is 0 Å². The Morgan fingerprint density at radius 3 is 2.55 bits per heavy atom. The van der Waals surface area contributed by atoms with Crippen LogP contribution in [0.5, 0.6) is 0 Å². The van der Waals surface area contributed by atoms with Gasteiger partial charge in [0.2, 0.25) is 0 Å². The van der Waals surface area contributed by atoms with Crippen LogP contribution >= 0.6 is 0 Å². The van der Waals surface area contributed by atoms with Gasteiger partial charge in [-0.1, -0.05) is 67.9 Å². The maximum atomic E-state index is 14.3. The highest BCUT2D eigenvalue weighted by molar-refractivity contribution is 6.24. The molecule has 1 fully saturated rings. The summed E-state index contributed by atoms with van der Waals surface area (Å²) in [4.78, 5) is 48.2. The van der Waals surface area contributed by atoms with Gasteiger partial charge in [0, 0.05) is 42.8 Å². The van der Waals surface area contributed by atoms with E-state index in [9.17, 15) is 14.4 Å². The molecule has 3 heterocycles. The molecule has 0 bridgehead atoms. The third-order valence-electron chi connectivity index (χ3n) is 8.31. The van der Waals surface area contributed by atoms with Gasteiger partial charge in [-0.3, -0.25) is 14.5 Å². The van der Waals surface area contributed by atoms with E-state index in [0.29, 0.717) is 43.9 Å². The lowest BCUT2D eigenvalue weighted by atomic mass is 9.87. The SMILES string of the molecule is CCCCOCCCNC(=O)c1ccccc1N1C(=O)C2Cc3c([nH]c4ccccc34)C(c3ccccc3C)N2C1=O. The van der Waals surface area contributed by atoms with E-state index in [4.69, 9.17) is 4.74 Å². The predicted octanol–water partition coefficient (Wildman–Crippen LogP) is 5.90. The number of para-hydroxylation sites is 2. The number of unbranched alkanes of at least 4 members (excludes halogenated alkanes) is 1. The maximum Gasteiger partial charge on any atom is 0.332 e. The highest BCUT2D eigenvalue weighted by Crippen LogP contribution is 2.45. The highest BCUT2D eigenvalue weighted by Gasteiger charge is 2.53. The van der Waals surface area contributed by atoms with E-state index in [2.05, 4.69) is 23.3 Å². The fourth-order valence-corrected chi connectivity index (χ4v) is 6.19. The zero-order valence-corrected chi connectivity index (χ0v) is 24.1. The Kier molecular flexibility index (Phi) is 7.80. The molecule has 2 unspecified atom stereocenters.